The summed E-state index contributed by atoms with van der Waals surface area (Å²) in [6, 6.07) is 0. The molecule has 2 unspecified atom stereocenters. The Kier molecular flexibility index (Phi) is 6.96. The molecule has 0 aromatic rings. The van der Waals surface area contributed by atoms with Gasteiger partial charge in [-0.25, -0.2) is 0 Å². The van der Waals surface area contributed by atoms with Gasteiger partial charge in [0, 0.05) is 5.25 Å². The van der Waals surface area contributed by atoms with Crippen LogP contribution in [0, 0.1) is 0 Å². The molecule has 15 heavy (non-hydrogen) atoms. The van der Waals surface area contributed by atoms with Crippen LogP contribution in [0.4, 0.5) is 0 Å². The summed E-state index contributed by atoms with van der Waals surface area (Å²) in [5, 5.41) is 17.9. The van der Waals surface area contributed by atoms with E-state index >= 15 is 0 Å². The fourth-order valence-corrected chi connectivity index (χ4v) is 1.98. The molecule has 0 saturated carbocycles. The van der Waals surface area contributed by atoms with Gasteiger partial charge >= 0.3 is 5.97 Å². The molecule has 0 fully saturated rings. The molecule has 2 atom stereocenters. The first kappa shape index (κ1) is 14.7. The first-order chi connectivity index (χ1) is 6.96. The molecule has 0 aliphatic rings. The van der Waals surface area contributed by atoms with Crippen molar-refractivity contribution in [3.05, 3.63) is 0 Å². The summed E-state index contributed by atoms with van der Waals surface area (Å²) < 4.78 is 0. The summed E-state index contributed by atoms with van der Waals surface area (Å²) in [6.07, 6.45) is 1.71. The number of thioether (sulfide) groups is 1. The van der Waals surface area contributed by atoms with Crippen LogP contribution in [0.1, 0.15) is 33.1 Å². The van der Waals surface area contributed by atoms with Crippen molar-refractivity contribution in [3.63, 3.8) is 0 Å². The minimum atomic E-state index is -1.08. The van der Waals surface area contributed by atoms with Gasteiger partial charge in [-0.05, 0) is 25.0 Å². The molecule has 0 radical (unpaired) electrons. The first-order valence-corrected chi connectivity index (χ1v) is 6.26. The Bertz CT molecular complexity index is 201. The molecule has 0 saturated heterocycles. The fourth-order valence-electron chi connectivity index (χ4n) is 1.16. The van der Waals surface area contributed by atoms with Crippen molar-refractivity contribution in [2.24, 2.45) is 5.73 Å². The van der Waals surface area contributed by atoms with Gasteiger partial charge in [0.15, 0.2) is 0 Å². The summed E-state index contributed by atoms with van der Waals surface area (Å²) in [7, 11) is 0. The average Bonchev–Trinajstić information content (AvgIpc) is 2.23. The van der Waals surface area contributed by atoms with Crippen molar-refractivity contribution in [2.45, 2.75) is 43.9 Å². The number of carboxylic acids is 1. The maximum atomic E-state index is 10.9. The summed E-state index contributed by atoms with van der Waals surface area (Å²) in [5.74, 6) is -0.0845. The van der Waals surface area contributed by atoms with Gasteiger partial charge in [0.2, 0.25) is 0 Å². The Labute approximate surface area is 95.2 Å². The lowest BCUT2D eigenvalue weighted by molar-refractivity contribution is -0.143. The van der Waals surface area contributed by atoms with Crippen LogP contribution < -0.4 is 5.73 Å². The minimum Gasteiger partial charge on any atom is -0.480 e. The highest BCUT2D eigenvalue weighted by Gasteiger charge is 2.30. The van der Waals surface area contributed by atoms with Crippen molar-refractivity contribution in [3.8, 4) is 0 Å². The lowest BCUT2D eigenvalue weighted by Crippen LogP contribution is -2.47. The van der Waals surface area contributed by atoms with Crippen LogP contribution in [0.3, 0.4) is 0 Å². The van der Waals surface area contributed by atoms with Gasteiger partial charge in [0.05, 0.1) is 6.61 Å². The number of aliphatic hydroxyl groups is 1. The molecule has 0 heterocycles. The van der Waals surface area contributed by atoms with Crippen LogP contribution in [0.15, 0.2) is 0 Å². The average molecular weight is 235 g/mol. The third kappa shape index (κ3) is 5.39. The zero-order valence-corrected chi connectivity index (χ0v) is 10.2. The molecule has 5 heteroatoms. The highest BCUT2D eigenvalue weighted by molar-refractivity contribution is 7.99. The number of aliphatic carboxylic acids is 1. The topological polar surface area (TPSA) is 83.5 Å². The summed E-state index contributed by atoms with van der Waals surface area (Å²) >= 11 is 1.64. The molecule has 0 aliphatic carbocycles. The van der Waals surface area contributed by atoms with Crippen LogP contribution in [0.2, 0.25) is 0 Å². The second-order valence-electron chi connectivity index (χ2n) is 3.78. The van der Waals surface area contributed by atoms with Gasteiger partial charge in [0.25, 0.3) is 0 Å². The smallest absolute Gasteiger partial charge is 0.323 e. The molecule has 0 aliphatic heterocycles. The van der Waals surface area contributed by atoms with E-state index in [4.69, 9.17) is 15.9 Å². The van der Waals surface area contributed by atoms with Crippen LogP contribution in [0.5, 0.6) is 0 Å². The monoisotopic (exact) mass is 235 g/mol. The highest BCUT2D eigenvalue weighted by atomic mass is 32.2. The molecule has 0 rings (SSSR count). The highest BCUT2D eigenvalue weighted by Crippen LogP contribution is 2.18. The Morgan fingerprint density at radius 3 is 2.60 bits per heavy atom. The number of rotatable bonds is 8. The third-order valence-corrected chi connectivity index (χ3v) is 3.73. The van der Waals surface area contributed by atoms with E-state index in [0.29, 0.717) is 12.8 Å². The lowest BCUT2D eigenvalue weighted by Gasteiger charge is -2.22. The predicted octanol–water partition coefficient (Wildman–Crippen LogP) is 1.07. The predicted molar refractivity (Wildman–Crippen MR) is 63.1 cm³/mol. The van der Waals surface area contributed by atoms with Crippen molar-refractivity contribution in [1.29, 1.82) is 0 Å². The maximum absolute atomic E-state index is 10.9. The van der Waals surface area contributed by atoms with Gasteiger partial charge < -0.3 is 15.9 Å². The van der Waals surface area contributed by atoms with E-state index < -0.39 is 11.5 Å². The SMILES string of the molecule is CCC(N)(CCCSC(C)CO)C(=O)O. The van der Waals surface area contributed by atoms with E-state index in [1.54, 1.807) is 18.7 Å². The second kappa shape index (κ2) is 7.09. The van der Waals surface area contributed by atoms with Gasteiger partial charge in [-0.1, -0.05) is 13.8 Å². The standard InChI is InChI=1S/C10H21NO3S/c1-3-10(11,9(13)14)5-4-6-15-8(2)7-12/h8,12H,3-7,11H2,1-2H3,(H,13,14). The first-order valence-electron chi connectivity index (χ1n) is 5.21. The Morgan fingerprint density at radius 1 is 1.60 bits per heavy atom. The largest absolute Gasteiger partial charge is 0.480 e. The Hall–Kier alpha value is -0.260. The molecule has 4 N–H and O–H groups in total. The number of carboxylic acid groups (broad SMARTS) is 1. The Morgan fingerprint density at radius 2 is 2.20 bits per heavy atom. The van der Waals surface area contributed by atoms with Crippen LogP contribution in [0.25, 0.3) is 0 Å². The van der Waals surface area contributed by atoms with Crippen molar-refractivity contribution < 1.29 is 15.0 Å². The number of hydrogen-bond donors (Lipinski definition) is 3. The zero-order chi connectivity index (χ0) is 11.9. The second-order valence-corrected chi connectivity index (χ2v) is 5.33. The lowest BCUT2D eigenvalue weighted by atomic mass is 9.92. The summed E-state index contributed by atoms with van der Waals surface area (Å²) in [6.45, 7) is 3.89. The fraction of sp³-hybridized carbons (Fsp3) is 0.900. The molecular weight excluding hydrogens is 214 g/mol. The molecule has 4 nitrogen and oxygen atoms in total. The Balaban J connectivity index is 3.78. The quantitative estimate of drug-likeness (QED) is 0.548. The van der Waals surface area contributed by atoms with Crippen LogP contribution in [-0.2, 0) is 4.79 Å². The molecule has 0 amide bonds. The van der Waals surface area contributed by atoms with Crippen LogP contribution in [-0.4, -0.2) is 39.3 Å². The van der Waals surface area contributed by atoms with E-state index in [9.17, 15) is 4.79 Å². The number of aliphatic hydroxyl groups excluding tert-OH is 1. The summed E-state index contributed by atoms with van der Waals surface area (Å²) in [5.41, 5.74) is 4.65. The summed E-state index contributed by atoms with van der Waals surface area (Å²) in [4.78, 5) is 10.9. The molecule has 90 valence electrons. The van der Waals surface area contributed by atoms with Gasteiger partial charge in [-0.15, -0.1) is 0 Å². The van der Waals surface area contributed by atoms with E-state index in [2.05, 4.69) is 0 Å². The number of carbonyl (C=O) groups is 1. The van der Waals surface area contributed by atoms with Gasteiger partial charge in [-0.2, -0.15) is 11.8 Å². The van der Waals surface area contributed by atoms with Crippen molar-refractivity contribution in [2.75, 3.05) is 12.4 Å². The van der Waals surface area contributed by atoms with Crippen LogP contribution >= 0.6 is 11.8 Å². The normalized spacial score (nSPS) is 17.1. The maximum Gasteiger partial charge on any atom is 0.323 e. The van der Waals surface area contributed by atoms with E-state index in [0.717, 1.165) is 12.2 Å². The number of nitrogens with two attached hydrogens (primary N) is 1. The van der Waals surface area contributed by atoms with E-state index in [1.807, 2.05) is 6.92 Å². The molecule has 0 aromatic heterocycles. The van der Waals surface area contributed by atoms with Gasteiger partial charge in [-0.3, -0.25) is 4.79 Å². The van der Waals surface area contributed by atoms with Crippen molar-refractivity contribution >= 4 is 17.7 Å². The minimum absolute atomic E-state index is 0.158. The zero-order valence-electron chi connectivity index (χ0n) is 9.40. The number of hydrogen-bond acceptors (Lipinski definition) is 4. The van der Waals surface area contributed by atoms with E-state index in [-0.39, 0.29) is 11.9 Å². The molecule has 0 bridgehead atoms. The van der Waals surface area contributed by atoms with Gasteiger partial charge in [0.1, 0.15) is 5.54 Å². The van der Waals surface area contributed by atoms with Crippen molar-refractivity contribution in [1.82, 2.24) is 0 Å². The molecule has 0 aromatic carbocycles. The molecular formula is C10H21NO3S. The third-order valence-electron chi connectivity index (χ3n) is 2.48. The molecule has 0 spiro atoms. The van der Waals surface area contributed by atoms with E-state index in [1.165, 1.54) is 0 Å².